The number of nitriles is 2. The zero-order chi connectivity index (χ0) is 9.84. The highest BCUT2D eigenvalue weighted by Gasteiger charge is 2.20. The van der Waals surface area contributed by atoms with E-state index in [-0.39, 0.29) is 0 Å². The highest BCUT2D eigenvalue weighted by atomic mass is 35.5. The van der Waals surface area contributed by atoms with E-state index < -0.39 is 11.7 Å². The van der Waals surface area contributed by atoms with Crippen LogP contribution in [0.2, 0.25) is 4.34 Å². The van der Waals surface area contributed by atoms with Gasteiger partial charge in [0.25, 0.3) is 0 Å². The number of carbonyl (C=O) groups is 1. The molecule has 0 amide bonds. The van der Waals surface area contributed by atoms with Crippen LogP contribution in [-0.2, 0) is 0 Å². The summed E-state index contributed by atoms with van der Waals surface area (Å²) < 4.78 is 0.470. The average molecular weight is 211 g/mol. The van der Waals surface area contributed by atoms with Gasteiger partial charge in [-0.15, -0.1) is 11.3 Å². The standard InChI is InChI=1S/C8H3ClN2OS/c9-7-2-1-6(13-7)8(12)5(3-10)4-11/h1-2,5H. The maximum Gasteiger partial charge on any atom is 0.204 e. The fourth-order valence-electron chi connectivity index (χ4n) is 0.735. The first-order chi connectivity index (χ1) is 6.19. The van der Waals surface area contributed by atoms with E-state index in [2.05, 4.69) is 0 Å². The normalized spacial score (nSPS) is 9.23. The lowest BCUT2D eigenvalue weighted by atomic mass is 10.1. The van der Waals surface area contributed by atoms with Gasteiger partial charge in [0.2, 0.25) is 5.78 Å². The molecule has 0 N–H and O–H groups in total. The van der Waals surface area contributed by atoms with Crippen molar-refractivity contribution in [2.24, 2.45) is 5.92 Å². The van der Waals surface area contributed by atoms with Crippen LogP contribution in [0, 0.1) is 28.6 Å². The molecule has 0 spiro atoms. The van der Waals surface area contributed by atoms with Crippen LogP contribution in [0.3, 0.4) is 0 Å². The molecule has 0 aromatic carbocycles. The van der Waals surface area contributed by atoms with Crippen molar-refractivity contribution in [3.8, 4) is 12.1 Å². The van der Waals surface area contributed by atoms with Gasteiger partial charge in [0, 0.05) is 0 Å². The molecule has 0 fully saturated rings. The zero-order valence-corrected chi connectivity index (χ0v) is 7.89. The van der Waals surface area contributed by atoms with Gasteiger partial charge >= 0.3 is 0 Å². The zero-order valence-electron chi connectivity index (χ0n) is 6.32. The number of hydrogen-bond acceptors (Lipinski definition) is 4. The number of halogens is 1. The molecule has 0 aliphatic carbocycles. The Bertz CT molecular complexity index is 399. The molecule has 0 saturated heterocycles. The number of hydrogen-bond donors (Lipinski definition) is 0. The smallest absolute Gasteiger partial charge is 0.204 e. The molecular formula is C8H3ClN2OS. The molecule has 0 radical (unpaired) electrons. The van der Waals surface area contributed by atoms with Crippen molar-refractivity contribution in [3.05, 3.63) is 21.3 Å². The molecule has 0 aliphatic heterocycles. The number of carbonyl (C=O) groups excluding carboxylic acids is 1. The summed E-state index contributed by atoms with van der Waals surface area (Å²) in [6.45, 7) is 0. The Morgan fingerprint density at radius 2 is 2.08 bits per heavy atom. The molecule has 1 aromatic heterocycles. The van der Waals surface area contributed by atoms with Gasteiger partial charge in [0.1, 0.15) is 0 Å². The van der Waals surface area contributed by atoms with Gasteiger partial charge in [-0.05, 0) is 12.1 Å². The number of Topliss-reactive ketones (excluding diaryl/α,β-unsaturated/α-hetero) is 1. The molecule has 1 heterocycles. The van der Waals surface area contributed by atoms with Gasteiger partial charge in [-0.3, -0.25) is 4.79 Å². The summed E-state index contributed by atoms with van der Waals surface area (Å²) in [6, 6.07) is 6.30. The molecule has 3 nitrogen and oxygen atoms in total. The van der Waals surface area contributed by atoms with Crippen LogP contribution in [0.1, 0.15) is 9.67 Å². The van der Waals surface area contributed by atoms with E-state index in [9.17, 15) is 4.79 Å². The quantitative estimate of drug-likeness (QED) is 0.704. The third-order valence-electron chi connectivity index (χ3n) is 1.34. The van der Waals surface area contributed by atoms with Gasteiger partial charge in [0.05, 0.1) is 21.4 Å². The highest BCUT2D eigenvalue weighted by Crippen LogP contribution is 2.23. The predicted octanol–water partition coefficient (Wildman–Crippen LogP) is 2.25. The molecule has 0 unspecified atom stereocenters. The second-order valence-corrected chi connectivity index (χ2v) is 3.87. The van der Waals surface area contributed by atoms with Gasteiger partial charge in [-0.25, -0.2) is 0 Å². The Morgan fingerprint density at radius 3 is 2.46 bits per heavy atom. The molecule has 0 atom stereocenters. The van der Waals surface area contributed by atoms with Crippen LogP contribution in [0.15, 0.2) is 12.1 Å². The lowest BCUT2D eigenvalue weighted by Gasteiger charge is -1.93. The van der Waals surface area contributed by atoms with E-state index in [0.717, 1.165) is 11.3 Å². The van der Waals surface area contributed by atoms with E-state index in [1.165, 1.54) is 6.07 Å². The summed E-state index contributed by atoms with van der Waals surface area (Å²) in [6.07, 6.45) is 0. The molecule has 1 aromatic rings. The minimum atomic E-state index is -1.23. The van der Waals surface area contributed by atoms with Gasteiger partial charge in [0.15, 0.2) is 5.92 Å². The van der Waals surface area contributed by atoms with Crippen LogP contribution in [0.4, 0.5) is 0 Å². The van der Waals surface area contributed by atoms with Crippen molar-refractivity contribution in [1.29, 1.82) is 10.5 Å². The Kier molecular flexibility index (Phi) is 3.02. The van der Waals surface area contributed by atoms with E-state index >= 15 is 0 Å². The molecule has 0 aliphatic rings. The van der Waals surface area contributed by atoms with Gasteiger partial charge in [-0.2, -0.15) is 10.5 Å². The van der Waals surface area contributed by atoms with Crippen molar-refractivity contribution < 1.29 is 4.79 Å². The second kappa shape index (κ2) is 4.04. The molecule has 13 heavy (non-hydrogen) atoms. The first-order valence-electron chi connectivity index (χ1n) is 3.28. The Labute approximate surface area is 83.8 Å². The lowest BCUT2D eigenvalue weighted by molar-refractivity contribution is 0.0975. The molecule has 1 rings (SSSR count). The third kappa shape index (κ3) is 2.06. The van der Waals surface area contributed by atoms with E-state index in [4.69, 9.17) is 22.1 Å². The van der Waals surface area contributed by atoms with Gasteiger partial charge < -0.3 is 0 Å². The summed E-state index contributed by atoms with van der Waals surface area (Å²) >= 11 is 6.66. The highest BCUT2D eigenvalue weighted by molar-refractivity contribution is 7.18. The summed E-state index contributed by atoms with van der Waals surface area (Å²) in [5.74, 6) is -1.71. The maximum absolute atomic E-state index is 11.3. The summed E-state index contributed by atoms with van der Waals surface area (Å²) in [4.78, 5) is 11.7. The van der Waals surface area contributed by atoms with Crippen LogP contribution in [-0.4, -0.2) is 5.78 Å². The fourth-order valence-corrected chi connectivity index (χ4v) is 1.75. The topological polar surface area (TPSA) is 64.7 Å². The minimum absolute atomic E-state index is 0.345. The largest absolute Gasteiger partial charge is 0.291 e. The van der Waals surface area contributed by atoms with Crippen molar-refractivity contribution in [1.82, 2.24) is 0 Å². The van der Waals surface area contributed by atoms with Crippen molar-refractivity contribution in [2.45, 2.75) is 0 Å². The molecule has 0 saturated carbocycles. The number of rotatable bonds is 2. The third-order valence-corrected chi connectivity index (χ3v) is 2.58. The number of nitrogens with zero attached hydrogens (tertiary/aromatic N) is 2. The molecular weight excluding hydrogens is 208 g/mol. The van der Waals surface area contributed by atoms with E-state index in [0.29, 0.717) is 9.21 Å². The molecule has 64 valence electrons. The predicted molar refractivity (Wildman–Crippen MR) is 48.4 cm³/mol. The first-order valence-corrected chi connectivity index (χ1v) is 4.47. The monoisotopic (exact) mass is 210 g/mol. The van der Waals surface area contributed by atoms with E-state index in [1.54, 1.807) is 18.2 Å². The number of thiophene rings is 1. The lowest BCUT2D eigenvalue weighted by Crippen LogP contribution is -2.08. The molecule has 0 bridgehead atoms. The summed E-state index contributed by atoms with van der Waals surface area (Å²) in [5.41, 5.74) is 0. The van der Waals surface area contributed by atoms with Crippen LogP contribution in [0.5, 0.6) is 0 Å². The Balaban J connectivity index is 2.94. The summed E-state index contributed by atoms with van der Waals surface area (Å²) in [7, 11) is 0. The van der Waals surface area contributed by atoms with Crippen LogP contribution < -0.4 is 0 Å². The van der Waals surface area contributed by atoms with Crippen molar-refractivity contribution in [2.75, 3.05) is 0 Å². The van der Waals surface area contributed by atoms with Gasteiger partial charge in [-0.1, -0.05) is 11.6 Å². The second-order valence-electron chi connectivity index (χ2n) is 2.16. The van der Waals surface area contributed by atoms with Crippen molar-refractivity contribution >= 4 is 28.7 Å². The van der Waals surface area contributed by atoms with Crippen molar-refractivity contribution in [3.63, 3.8) is 0 Å². The SMILES string of the molecule is N#CC(C#N)C(=O)c1ccc(Cl)s1. The Hall–Kier alpha value is -1.36. The first kappa shape index (κ1) is 9.73. The minimum Gasteiger partial charge on any atom is -0.291 e. The maximum atomic E-state index is 11.3. The van der Waals surface area contributed by atoms with Crippen LogP contribution in [0.25, 0.3) is 0 Å². The summed E-state index contributed by atoms with van der Waals surface area (Å²) in [5, 5.41) is 16.9. The number of ketones is 1. The average Bonchev–Trinajstić information content (AvgIpc) is 2.54. The molecule has 5 heteroatoms. The fraction of sp³-hybridized carbons (Fsp3) is 0.125. The van der Waals surface area contributed by atoms with Crippen LogP contribution >= 0.6 is 22.9 Å². The Morgan fingerprint density at radius 1 is 1.46 bits per heavy atom. The van der Waals surface area contributed by atoms with E-state index in [1.807, 2.05) is 0 Å².